The molecule has 1 aromatic rings. The summed E-state index contributed by atoms with van der Waals surface area (Å²) < 4.78 is 42.9. The molecule has 8 heteroatoms. The number of ether oxygens (including phenoxy) is 1. The molecule has 1 aliphatic rings. The number of sulfonamides is 1. The quantitative estimate of drug-likeness (QED) is 0.883. The fourth-order valence-electron chi connectivity index (χ4n) is 1.78. The predicted molar refractivity (Wildman–Crippen MR) is 71.5 cm³/mol. The third kappa shape index (κ3) is 3.45. The summed E-state index contributed by atoms with van der Waals surface area (Å²) in [5.74, 6) is -0.427. The van der Waals surface area contributed by atoms with Crippen molar-refractivity contribution in [3.8, 4) is 0 Å². The van der Waals surface area contributed by atoms with Crippen molar-refractivity contribution < 1.29 is 22.3 Å². The first-order valence-electron chi connectivity index (χ1n) is 6.12. The third-order valence-electron chi connectivity index (χ3n) is 2.92. The van der Waals surface area contributed by atoms with Crippen molar-refractivity contribution in [2.75, 3.05) is 23.7 Å². The van der Waals surface area contributed by atoms with Crippen molar-refractivity contribution in [3.05, 3.63) is 30.1 Å². The van der Waals surface area contributed by atoms with Crippen molar-refractivity contribution in [1.82, 2.24) is 4.72 Å². The summed E-state index contributed by atoms with van der Waals surface area (Å²) in [6.45, 7) is 1.77. The van der Waals surface area contributed by atoms with Crippen LogP contribution in [0.15, 0.2) is 24.3 Å². The summed E-state index contributed by atoms with van der Waals surface area (Å²) in [4.78, 5) is 13.0. The number of anilines is 1. The van der Waals surface area contributed by atoms with E-state index in [1.54, 1.807) is 0 Å². The Labute approximate surface area is 116 Å². The van der Waals surface area contributed by atoms with Crippen LogP contribution in [-0.4, -0.2) is 39.5 Å². The Bertz CT molecular complexity index is 588. The smallest absolute Gasteiger partial charge is 0.414 e. The standard InChI is InChI=1S/C12H15FN2O4S/c1-2-20(17,18)14-7-11-8-15(12(16)19-11)10-5-3-9(13)4-6-10/h3-6,11,14H,2,7-8H2,1H3. The zero-order valence-corrected chi connectivity index (χ0v) is 11.7. The van der Waals surface area contributed by atoms with Gasteiger partial charge in [0, 0.05) is 12.2 Å². The highest BCUT2D eigenvalue weighted by atomic mass is 32.2. The first-order chi connectivity index (χ1) is 9.41. The summed E-state index contributed by atoms with van der Waals surface area (Å²) in [5.41, 5.74) is 0.511. The number of hydrogen-bond acceptors (Lipinski definition) is 4. The predicted octanol–water partition coefficient (Wildman–Crippen LogP) is 1.09. The van der Waals surface area contributed by atoms with Gasteiger partial charge in [-0.15, -0.1) is 0 Å². The number of halogens is 1. The number of carbonyl (C=O) groups is 1. The Kier molecular flexibility index (Phi) is 4.24. The van der Waals surface area contributed by atoms with E-state index in [2.05, 4.69) is 4.72 Å². The summed E-state index contributed by atoms with van der Waals surface area (Å²) >= 11 is 0. The molecule has 0 radical (unpaired) electrons. The number of nitrogens with one attached hydrogen (secondary N) is 1. The zero-order valence-electron chi connectivity index (χ0n) is 10.9. The number of benzene rings is 1. The molecule has 110 valence electrons. The summed E-state index contributed by atoms with van der Waals surface area (Å²) in [6.07, 6.45) is -1.13. The minimum absolute atomic E-state index is 0.0274. The maximum absolute atomic E-state index is 12.8. The lowest BCUT2D eigenvalue weighted by Crippen LogP contribution is -2.35. The Morgan fingerprint density at radius 3 is 2.65 bits per heavy atom. The topological polar surface area (TPSA) is 75.7 Å². The molecule has 1 fully saturated rings. The van der Waals surface area contributed by atoms with Gasteiger partial charge in [-0.3, -0.25) is 4.90 Å². The van der Waals surface area contributed by atoms with Crippen molar-refractivity contribution in [2.45, 2.75) is 13.0 Å². The van der Waals surface area contributed by atoms with Gasteiger partial charge in [0.1, 0.15) is 11.9 Å². The number of nitrogens with zero attached hydrogens (tertiary/aromatic N) is 1. The maximum atomic E-state index is 12.8. The fourth-order valence-corrected chi connectivity index (χ4v) is 2.43. The molecule has 0 saturated carbocycles. The average molecular weight is 302 g/mol. The zero-order chi connectivity index (χ0) is 14.8. The number of hydrogen-bond donors (Lipinski definition) is 1. The van der Waals surface area contributed by atoms with Crippen LogP contribution in [0.4, 0.5) is 14.9 Å². The lowest BCUT2D eigenvalue weighted by molar-refractivity contribution is 0.143. The van der Waals surface area contributed by atoms with Crippen LogP contribution in [0.25, 0.3) is 0 Å². The van der Waals surface area contributed by atoms with Gasteiger partial charge in [-0.2, -0.15) is 0 Å². The van der Waals surface area contributed by atoms with Crippen LogP contribution in [0.1, 0.15) is 6.92 Å². The molecule has 1 N–H and O–H groups in total. The average Bonchev–Trinajstić information content (AvgIpc) is 2.79. The Morgan fingerprint density at radius 2 is 2.05 bits per heavy atom. The largest absolute Gasteiger partial charge is 0.443 e. The molecule has 1 atom stereocenters. The van der Waals surface area contributed by atoms with Crippen LogP contribution in [0.2, 0.25) is 0 Å². The Hall–Kier alpha value is -1.67. The van der Waals surface area contributed by atoms with Crippen LogP contribution in [-0.2, 0) is 14.8 Å². The van der Waals surface area contributed by atoms with Crippen molar-refractivity contribution in [3.63, 3.8) is 0 Å². The summed E-state index contributed by atoms with van der Waals surface area (Å²) in [5, 5.41) is 0. The molecule has 2 rings (SSSR count). The van der Waals surface area contributed by atoms with Gasteiger partial charge in [0.25, 0.3) is 0 Å². The van der Waals surface area contributed by atoms with E-state index in [0.717, 1.165) is 0 Å². The van der Waals surface area contributed by atoms with Gasteiger partial charge < -0.3 is 4.74 Å². The summed E-state index contributed by atoms with van der Waals surface area (Å²) in [6, 6.07) is 5.43. The lowest BCUT2D eigenvalue weighted by Gasteiger charge is -2.12. The molecule has 1 aromatic carbocycles. The summed E-state index contributed by atoms with van der Waals surface area (Å²) in [7, 11) is -3.32. The molecule has 6 nitrogen and oxygen atoms in total. The van der Waals surface area contributed by atoms with Crippen LogP contribution in [0.3, 0.4) is 0 Å². The molecule has 0 bridgehead atoms. The van der Waals surface area contributed by atoms with E-state index in [9.17, 15) is 17.6 Å². The number of amides is 1. The molecule has 1 saturated heterocycles. The minimum Gasteiger partial charge on any atom is -0.443 e. The van der Waals surface area contributed by atoms with Gasteiger partial charge >= 0.3 is 6.09 Å². The Morgan fingerprint density at radius 1 is 1.40 bits per heavy atom. The normalized spacial score (nSPS) is 19.2. The van der Waals surface area contributed by atoms with Crippen molar-refractivity contribution in [2.24, 2.45) is 0 Å². The van der Waals surface area contributed by atoms with Gasteiger partial charge in [0.2, 0.25) is 10.0 Å². The molecular weight excluding hydrogens is 287 g/mol. The van der Waals surface area contributed by atoms with E-state index < -0.39 is 28.0 Å². The minimum atomic E-state index is -3.32. The molecule has 0 spiro atoms. The SMILES string of the molecule is CCS(=O)(=O)NCC1CN(c2ccc(F)cc2)C(=O)O1. The Balaban J connectivity index is 1.99. The van der Waals surface area contributed by atoms with E-state index in [0.29, 0.717) is 5.69 Å². The molecule has 0 aromatic heterocycles. The molecule has 1 unspecified atom stereocenters. The number of rotatable bonds is 5. The monoisotopic (exact) mass is 302 g/mol. The lowest BCUT2D eigenvalue weighted by atomic mass is 10.2. The maximum Gasteiger partial charge on any atom is 0.414 e. The number of carbonyl (C=O) groups excluding carboxylic acids is 1. The van der Waals surface area contributed by atoms with Crippen molar-refractivity contribution >= 4 is 21.8 Å². The van der Waals surface area contributed by atoms with Gasteiger partial charge in [0.15, 0.2) is 0 Å². The highest BCUT2D eigenvalue weighted by Gasteiger charge is 2.32. The van der Waals surface area contributed by atoms with E-state index in [1.807, 2.05) is 0 Å². The highest BCUT2D eigenvalue weighted by Crippen LogP contribution is 2.21. The second kappa shape index (κ2) is 5.76. The number of cyclic esters (lactones) is 1. The molecule has 20 heavy (non-hydrogen) atoms. The van der Waals surface area contributed by atoms with E-state index in [4.69, 9.17) is 4.74 Å². The van der Waals surface area contributed by atoms with Crippen molar-refractivity contribution in [1.29, 1.82) is 0 Å². The van der Waals surface area contributed by atoms with Crippen LogP contribution < -0.4 is 9.62 Å². The van der Waals surface area contributed by atoms with E-state index in [-0.39, 0.29) is 18.8 Å². The first-order valence-corrected chi connectivity index (χ1v) is 7.77. The van der Waals surface area contributed by atoms with Gasteiger partial charge in [-0.05, 0) is 31.2 Å². The molecule has 1 amide bonds. The molecule has 1 aliphatic heterocycles. The fraction of sp³-hybridized carbons (Fsp3) is 0.417. The highest BCUT2D eigenvalue weighted by molar-refractivity contribution is 7.89. The second-order valence-electron chi connectivity index (χ2n) is 4.34. The van der Waals surface area contributed by atoms with Crippen LogP contribution in [0, 0.1) is 5.82 Å². The molecular formula is C12H15FN2O4S. The molecule has 1 heterocycles. The third-order valence-corrected chi connectivity index (χ3v) is 4.29. The van der Waals surface area contributed by atoms with E-state index in [1.165, 1.54) is 36.1 Å². The molecule has 0 aliphatic carbocycles. The van der Waals surface area contributed by atoms with Crippen LogP contribution in [0.5, 0.6) is 0 Å². The van der Waals surface area contributed by atoms with Gasteiger partial charge in [0.05, 0.1) is 12.3 Å². The first kappa shape index (κ1) is 14.7. The van der Waals surface area contributed by atoms with Gasteiger partial charge in [-0.1, -0.05) is 0 Å². The van der Waals surface area contributed by atoms with Gasteiger partial charge in [-0.25, -0.2) is 22.3 Å². The second-order valence-corrected chi connectivity index (χ2v) is 6.44. The van der Waals surface area contributed by atoms with E-state index >= 15 is 0 Å². The van der Waals surface area contributed by atoms with Crippen LogP contribution >= 0.6 is 0 Å².